The zero-order valence-corrected chi connectivity index (χ0v) is 7.27. The molecule has 1 radical (unpaired) electrons. The second-order valence-electron chi connectivity index (χ2n) is 2.57. The van der Waals surface area contributed by atoms with Crippen molar-refractivity contribution in [1.29, 1.82) is 0 Å². The third-order valence-corrected chi connectivity index (χ3v) is 1.48. The second-order valence-corrected chi connectivity index (χ2v) is 2.57. The van der Waals surface area contributed by atoms with Gasteiger partial charge in [0.25, 0.3) is 0 Å². The lowest BCUT2D eigenvalue weighted by molar-refractivity contribution is 0.717. The van der Waals surface area contributed by atoms with Gasteiger partial charge in [-0.2, -0.15) is 0 Å². The van der Waals surface area contributed by atoms with E-state index in [1.807, 2.05) is 0 Å². The maximum Gasteiger partial charge on any atom is -0.0171 e. The summed E-state index contributed by atoms with van der Waals surface area (Å²) in [6.45, 7) is 4.40. The van der Waals surface area contributed by atoms with Gasteiger partial charge in [-0.05, 0) is 19.3 Å². The highest BCUT2D eigenvalue weighted by Crippen LogP contribution is 2.01. The smallest absolute Gasteiger partial charge is 0.0171 e. The molecule has 0 aromatic heterocycles. The van der Waals surface area contributed by atoms with Crippen LogP contribution in [0, 0.1) is 6.42 Å². The maximum absolute atomic E-state index is 2.26. The van der Waals surface area contributed by atoms with Gasteiger partial charge in [0.15, 0.2) is 0 Å². The molecular formula is C10H19. The lowest BCUT2D eigenvalue weighted by Gasteiger charge is -1.92. The number of hydrogen-bond acceptors (Lipinski definition) is 0. The molecule has 0 heterocycles. The Bertz CT molecular complexity index is 72.1. The van der Waals surface area contributed by atoms with Crippen molar-refractivity contribution in [3.63, 3.8) is 0 Å². The number of rotatable bonds is 6. The summed E-state index contributed by atoms with van der Waals surface area (Å²) in [7, 11) is 0. The summed E-state index contributed by atoms with van der Waals surface area (Å²) in [6, 6.07) is 0. The first-order chi connectivity index (χ1) is 4.91. The molecule has 59 valence electrons. The summed E-state index contributed by atoms with van der Waals surface area (Å²) >= 11 is 0. The van der Waals surface area contributed by atoms with E-state index in [1.54, 1.807) is 0 Å². The fraction of sp³-hybridized carbons (Fsp3) is 0.700. The summed E-state index contributed by atoms with van der Waals surface area (Å²) < 4.78 is 0. The van der Waals surface area contributed by atoms with Crippen LogP contribution in [-0.4, -0.2) is 0 Å². The first kappa shape index (κ1) is 9.74. The summed E-state index contributed by atoms with van der Waals surface area (Å²) in [5.74, 6) is 0. The van der Waals surface area contributed by atoms with Crippen LogP contribution < -0.4 is 0 Å². The molecule has 0 unspecified atom stereocenters. The summed E-state index contributed by atoms with van der Waals surface area (Å²) in [4.78, 5) is 0. The van der Waals surface area contributed by atoms with E-state index in [2.05, 4.69) is 32.4 Å². The van der Waals surface area contributed by atoms with Crippen LogP contribution in [-0.2, 0) is 0 Å². The van der Waals surface area contributed by atoms with Gasteiger partial charge in [0.2, 0.25) is 0 Å². The van der Waals surface area contributed by atoms with Crippen molar-refractivity contribution in [2.45, 2.75) is 46.0 Å². The SMILES string of the molecule is CCC=C[CH]CCCCC. The van der Waals surface area contributed by atoms with Crippen molar-refractivity contribution in [3.05, 3.63) is 18.6 Å². The van der Waals surface area contributed by atoms with E-state index in [-0.39, 0.29) is 0 Å². The zero-order valence-electron chi connectivity index (χ0n) is 7.27. The maximum atomic E-state index is 2.26. The highest BCUT2D eigenvalue weighted by atomic mass is 13.9. The Morgan fingerprint density at radius 3 is 2.50 bits per heavy atom. The third-order valence-electron chi connectivity index (χ3n) is 1.48. The van der Waals surface area contributed by atoms with Crippen molar-refractivity contribution in [2.24, 2.45) is 0 Å². The molecule has 0 N–H and O–H groups in total. The van der Waals surface area contributed by atoms with Gasteiger partial charge in [-0.15, -0.1) is 0 Å². The molecule has 0 spiro atoms. The van der Waals surface area contributed by atoms with Crippen LogP contribution in [0.1, 0.15) is 46.0 Å². The van der Waals surface area contributed by atoms with E-state index in [9.17, 15) is 0 Å². The Morgan fingerprint density at radius 1 is 1.10 bits per heavy atom. The summed E-state index contributed by atoms with van der Waals surface area (Å²) in [5.41, 5.74) is 0. The van der Waals surface area contributed by atoms with E-state index in [0.29, 0.717) is 0 Å². The average molecular weight is 139 g/mol. The molecule has 0 rings (SSSR count). The van der Waals surface area contributed by atoms with Crippen LogP contribution >= 0.6 is 0 Å². The van der Waals surface area contributed by atoms with Gasteiger partial charge in [0, 0.05) is 0 Å². The first-order valence-electron chi connectivity index (χ1n) is 4.40. The van der Waals surface area contributed by atoms with Gasteiger partial charge in [-0.25, -0.2) is 0 Å². The topological polar surface area (TPSA) is 0 Å². The standard InChI is InChI=1S/C10H19/c1-3-5-7-9-10-8-6-4-2/h5,7,9H,3-4,6,8,10H2,1-2H3. The van der Waals surface area contributed by atoms with E-state index in [4.69, 9.17) is 0 Å². The largest absolute Gasteiger partial charge is 0.0885 e. The molecule has 0 saturated heterocycles. The predicted octanol–water partition coefficient (Wildman–Crippen LogP) is 3.74. The molecule has 10 heavy (non-hydrogen) atoms. The highest BCUT2D eigenvalue weighted by molar-refractivity contribution is 4.93. The van der Waals surface area contributed by atoms with Crippen LogP contribution in [0.3, 0.4) is 0 Å². The molecule has 0 bridgehead atoms. The van der Waals surface area contributed by atoms with Gasteiger partial charge in [-0.3, -0.25) is 0 Å². The van der Waals surface area contributed by atoms with Crippen molar-refractivity contribution in [1.82, 2.24) is 0 Å². The molecule has 0 aliphatic carbocycles. The highest BCUT2D eigenvalue weighted by Gasteiger charge is 1.83. The van der Waals surface area contributed by atoms with E-state index in [0.717, 1.165) is 6.42 Å². The van der Waals surface area contributed by atoms with E-state index < -0.39 is 0 Å². The molecule has 0 aliphatic rings. The zero-order chi connectivity index (χ0) is 7.66. The molecule has 0 saturated carbocycles. The first-order valence-corrected chi connectivity index (χ1v) is 4.40. The minimum atomic E-state index is 1.16. The minimum Gasteiger partial charge on any atom is -0.0885 e. The monoisotopic (exact) mass is 139 g/mol. The molecule has 0 atom stereocenters. The Morgan fingerprint density at radius 2 is 1.90 bits per heavy atom. The summed E-state index contributed by atoms with van der Waals surface area (Å²) in [6.07, 6.45) is 13.1. The lowest BCUT2D eigenvalue weighted by Crippen LogP contribution is -1.74. The van der Waals surface area contributed by atoms with E-state index in [1.165, 1.54) is 25.7 Å². The van der Waals surface area contributed by atoms with Gasteiger partial charge >= 0.3 is 0 Å². The van der Waals surface area contributed by atoms with E-state index >= 15 is 0 Å². The Labute approximate surface area is 65.3 Å². The normalized spacial score (nSPS) is 11.0. The number of unbranched alkanes of at least 4 members (excludes halogenated alkanes) is 4. The van der Waals surface area contributed by atoms with Crippen molar-refractivity contribution in [3.8, 4) is 0 Å². The molecule has 0 nitrogen and oxygen atoms in total. The van der Waals surface area contributed by atoms with Gasteiger partial charge < -0.3 is 0 Å². The minimum absolute atomic E-state index is 1.16. The fourth-order valence-corrected chi connectivity index (χ4v) is 0.841. The van der Waals surface area contributed by atoms with Gasteiger partial charge in [0.1, 0.15) is 0 Å². The molecular weight excluding hydrogens is 120 g/mol. The van der Waals surface area contributed by atoms with Crippen LogP contribution in [0.4, 0.5) is 0 Å². The van der Waals surface area contributed by atoms with Crippen LogP contribution in [0.2, 0.25) is 0 Å². The Balaban J connectivity index is 2.83. The number of hydrogen-bond donors (Lipinski definition) is 0. The van der Waals surface area contributed by atoms with Crippen LogP contribution in [0.15, 0.2) is 12.2 Å². The molecule has 0 heteroatoms. The number of allylic oxidation sites excluding steroid dienone is 2. The fourth-order valence-electron chi connectivity index (χ4n) is 0.841. The van der Waals surface area contributed by atoms with Crippen molar-refractivity contribution in [2.75, 3.05) is 0 Å². The lowest BCUT2D eigenvalue weighted by atomic mass is 10.1. The van der Waals surface area contributed by atoms with Crippen molar-refractivity contribution < 1.29 is 0 Å². The average Bonchev–Trinajstić information content (AvgIpc) is 1.97. The predicted molar refractivity (Wildman–Crippen MR) is 47.9 cm³/mol. The second kappa shape index (κ2) is 8.74. The quantitative estimate of drug-likeness (QED) is 0.492. The van der Waals surface area contributed by atoms with Gasteiger partial charge in [0.05, 0.1) is 0 Å². The Kier molecular flexibility index (Phi) is 8.51. The molecule has 0 amide bonds. The summed E-state index contributed by atoms with van der Waals surface area (Å²) in [5, 5.41) is 0. The van der Waals surface area contributed by atoms with Crippen LogP contribution in [0.5, 0.6) is 0 Å². The third kappa shape index (κ3) is 7.74. The molecule has 0 aromatic carbocycles. The Hall–Kier alpha value is -0.260. The molecule has 0 aliphatic heterocycles. The van der Waals surface area contributed by atoms with Crippen molar-refractivity contribution >= 4 is 0 Å². The van der Waals surface area contributed by atoms with Crippen LogP contribution in [0.25, 0.3) is 0 Å². The molecule has 0 aromatic rings. The van der Waals surface area contributed by atoms with Gasteiger partial charge in [-0.1, -0.05) is 45.3 Å². The molecule has 0 fully saturated rings.